The third kappa shape index (κ3) is 4.69. The van der Waals surface area contributed by atoms with Gasteiger partial charge in [-0.3, -0.25) is 0 Å². The number of nitrogens with zero attached hydrogens (tertiary/aromatic N) is 1. The second-order valence-corrected chi connectivity index (χ2v) is 9.69. The molecule has 0 bridgehead atoms. The molecule has 4 heteroatoms. The SMILES string of the molecule is CN=[S@](=O)(c1ccccc1)[C@H](/C=C/C1CCCCC1)[C@H](O)c1ccccc1. The minimum absolute atomic E-state index is 0.500. The zero-order valence-electron chi connectivity index (χ0n) is 15.9. The monoisotopic (exact) mass is 383 g/mol. The van der Waals surface area contributed by atoms with Gasteiger partial charge in [0.25, 0.3) is 0 Å². The highest BCUT2D eigenvalue weighted by Gasteiger charge is 2.31. The minimum Gasteiger partial charge on any atom is -0.387 e. The van der Waals surface area contributed by atoms with Crippen LogP contribution in [0.15, 0.2) is 82.1 Å². The first-order valence-electron chi connectivity index (χ1n) is 9.75. The van der Waals surface area contributed by atoms with Gasteiger partial charge in [-0.25, -0.2) is 8.57 Å². The van der Waals surface area contributed by atoms with Crippen molar-refractivity contribution in [3.63, 3.8) is 0 Å². The number of aliphatic hydroxyl groups is 1. The fraction of sp³-hybridized carbons (Fsp3) is 0.391. The molecule has 2 aromatic carbocycles. The molecular weight excluding hydrogens is 354 g/mol. The fourth-order valence-electron chi connectivity index (χ4n) is 3.82. The van der Waals surface area contributed by atoms with Crippen LogP contribution in [0.25, 0.3) is 0 Å². The van der Waals surface area contributed by atoms with E-state index in [2.05, 4.69) is 10.4 Å². The van der Waals surface area contributed by atoms with E-state index < -0.39 is 21.1 Å². The lowest BCUT2D eigenvalue weighted by molar-refractivity contribution is 0.184. The Balaban J connectivity index is 2.00. The number of benzene rings is 2. The van der Waals surface area contributed by atoms with Crippen molar-refractivity contribution >= 4 is 9.73 Å². The molecule has 0 saturated heterocycles. The van der Waals surface area contributed by atoms with Crippen molar-refractivity contribution in [3.05, 3.63) is 78.4 Å². The molecule has 0 unspecified atom stereocenters. The quantitative estimate of drug-likeness (QED) is 0.681. The van der Waals surface area contributed by atoms with E-state index in [1.165, 1.54) is 32.1 Å². The van der Waals surface area contributed by atoms with E-state index in [0.717, 1.165) is 5.56 Å². The lowest BCUT2D eigenvalue weighted by Gasteiger charge is -2.25. The maximum Gasteiger partial charge on any atom is 0.0980 e. The fourth-order valence-corrected chi connectivity index (χ4v) is 5.95. The summed E-state index contributed by atoms with van der Waals surface area (Å²) in [7, 11) is -1.21. The van der Waals surface area contributed by atoms with Crippen LogP contribution in [-0.2, 0) is 9.73 Å². The van der Waals surface area contributed by atoms with Gasteiger partial charge in [0.2, 0.25) is 0 Å². The summed E-state index contributed by atoms with van der Waals surface area (Å²) in [5, 5.41) is 10.6. The Labute approximate surface area is 163 Å². The smallest absolute Gasteiger partial charge is 0.0980 e. The van der Waals surface area contributed by atoms with E-state index >= 15 is 0 Å². The van der Waals surface area contributed by atoms with Gasteiger partial charge in [-0.15, -0.1) is 0 Å². The highest BCUT2D eigenvalue weighted by atomic mass is 32.2. The molecular formula is C23H29NO2S. The lowest BCUT2D eigenvalue weighted by atomic mass is 9.88. The molecule has 0 aromatic heterocycles. The van der Waals surface area contributed by atoms with Gasteiger partial charge >= 0.3 is 0 Å². The van der Waals surface area contributed by atoms with Gasteiger partial charge in [0.05, 0.1) is 21.1 Å². The molecule has 3 nitrogen and oxygen atoms in total. The van der Waals surface area contributed by atoms with E-state index in [-0.39, 0.29) is 0 Å². The summed E-state index contributed by atoms with van der Waals surface area (Å²) in [6.07, 6.45) is 9.38. The molecule has 27 heavy (non-hydrogen) atoms. The van der Waals surface area contributed by atoms with E-state index in [4.69, 9.17) is 0 Å². The summed E-state index contributed by atoms with van der Waals surface area (Å²) in [6, 6.07) is 18.8. The number of aliphatic hydroxyl groups excluding tert-OH is 1. The van der Waals surface area contributed by atoms with Crippen LogP contribution < -0.4 is 0 Å². The predicted octanol–water partition coefficient (Wildman–Crippen LogP) is 5.38. The van der Waals surface area contributed by atoms with Gasteiger partial charge in [-0.2, -0.15) is 0 Å². The Morgan fingerprint density at radius 2 is 1.59 bits per heavy atom. The third-order valence-corrected chi connectivity index (χ3v) is 8.04. The van der Waals surface area contributed by atoms with Crippen LogP contribution in [0.2, 0.25) is 0 Å². The molecule has 0 aliphatic heterocycles. The van der Waals surface area contributed by atoms with Crippen LogP contribution in [0.4, 0.5) is 0 Å². The molecule has 1 fully saturated rings. The summed E-state index contributed by atoms with van der Waals surface area (Å²) in [6.45, 7) is 0. The van der Waals surface area contributed by atoms with E-state index in [1.807, 2.05) is 66.7 Å². The molecule has 2 aromatic rings. The largest absolute Gasteiger partial charge is 0.387 e. The first-order valence-corrected chi connectivity index (χ1v) is 11.3. The van der Waals surface area contributed by atoms with Crippen molar-refractivity contribution in [1.29, 1.82) is 0 Å². The van der Waals surface area contributed by atoms with Gasteiger partial charge in [0.15, 0.2) is 0 Å². The highest BCUT2D eigenvalue weighted by Crippen LogP contribution is 2.32. The summed E-state index contributed by atoms with van der Waals surface area (Å²) in [5.74, 6) is 0.500. The van der Waals surface area contributed by atoms with Crippen molar-refractivity contribution < 1.29 is 9.32 Å². The van der Waals surface area contributed by atoms with Crippen LogP contribution in [0.5, 0.6) is 0 Å². The summed E-state index contributed by atoms with van der Waals surface area (Å²) >= 11 is 0. The maximum atomic E-state index is 14.0. The average Bonchev–Trinajstić information content (AvgIpc) is 2.75. The highest BCUT2D eigenvalue weighted by molar-refractivity contribution is 7.94. The van der Waals surface area contributed by atoms with Crippen molar-refractivity contribution in [2.75, 3.05) is 7.05 Å². The summed E-state index contributed by atoms with van der Waals surface area (Å²) < 4.78 is 18.3. The molecule has 1 aliphatic carbocycles. The summed E-state index contributed by atoms with van der Waals surface area (Å²) in [4.78, 5) is 0.667. The molecule has 3 rings (SSSR count). The number of rotatable bonds is 6. The van der Waals surface area contributed by atoms with Crippen LogP contribution in [0.1, 0.15) is 43.8 Å². The first kappa shape index (κ1) is 19.8. The van der Waals surface area contributed by atoms with E-state index in [0.29, 0.717) is 10.8 Å². The summed E-state index contributed by atoms with van der Waals surface area (Å²) in [5.41, 5.74) is 0.767. The van der Waals surface area contributed by atoms with Gasteiger partial charge in [-0.05, 0) is 36.5 Å². The lowest BCUT2D eigenvalue weighted by Crippen LogP contribution is -2.27. The molecule has 1 N–H and O–H groups in total. The van der Waals surface area contributed by atoms with Crippen molar-refractivity contribution in [1.82, 2.24) is 0 Å². The number of hydrogen-bond acceptors (Lipinski definition) is 3. The van der Waals surface area contributed by atoms with Gasteiger partial charge in [0.1, 0.15) is 0 Å². The van der Waals surface area contributed by atoms with Crippen LogP contribution in [0, 0.1) is 5.92 Å². The normalized spacial score (nSPS) is 20.1. The van der Waals surface area contributed by atoms with Crippen LogP contribution in [0.3, 0.4) is 0 Å². The minimum atomic E-state index is -2.81. The second-order valence-electron chi connectivity index (χ2n) is 7.17. The van der Waals surface area contributed by atoms with Crippen LogP contribution in [-0.4, -0.2) is 21.6 Å². The van der Waals surface area contributed by atoms with Gasteiger partial charge < -0.3 is 5.11 Å². The zero-order chi connectivity index (χ0) is 19.1. The Bertz CT molecular complexity index is 848. The average molecular weight is 384 g/mol. The predicted molar refractivity (Wildman–Crippen MR) is 112 cm³/mol. The Hall–Kier alpha value is -1.91. The van der Waals surface area contributed by atoms with Crippen molar-refractivity contribution in [2.45, 2.75) is 48.4 Å². The number of hydrogen-bond donors (Lipinski definition) is 1. The molecule has 3 atom stereocenters. The van der Waals surface area contributed by atoms with E-state index in [1.54, 1.807) is 7.05 Å². The first-order chi connectivity index (χ1) is 13.1. The van der Waals surface area contributed by atoms with Crippen molar-refractivity contribution in [2.24, 2.45) is 10.3 Å². The Morgan fingerprint density at radius 3 is 2.19 bits per heavy atom. The van der Waals surface area contributed by atoms with E-state index in [9.17, 15) is 9.32 Å². The second kappa shape index (κ2) is 9.34. The Kier molecular flexibility index (Phi) is 6.86. The molecule has 0 spiro atoms. The third-order valence-electron chi connectivity index (χ3n) is 5.40. The number of allylic oxidation sites excluding steroid dienone is 1. The van der Waals surface area contributed by atoms with Gasteiger partial charge in [0, 0.05) is 11.9 Å². The molecule has 1 aliphatic rings. The van der Waals surface area contributed by atoms with Gasteiger partial charge in [-0.1, -0.05) is 79.9 Å². The molecule has 0 heterocycles. The Morgan fingerprint density at radius 1 is 1.00 bits per heavy atom. The topological polar surface area (TPSA) is 49.7 Å². The van der Waals surface area contributed by atoms with Crippen LogP contribution >= 0.6 is 0 Å². The standard InChI is InChI=1S/C23H29NO2S/c1-24-27(26,21-15-9-4-10-16-21)22(18-17-19-11-5-2-6-12-19)23(25)20-13-7-3-8-14-20/h3-4,7-10,13-19,22-23,25H,2,5-6,11-12H2,1H3/b18-17+/t22-,23-,27+/m1/s1. The molecule has 1 saturated carbocycles. The molecule has 0 radical (unpaired) electrons. The molecule has 144 valence electrons. The van der Waals surface area contributed by atoms with Crippen molar-refractivity contribution in [3.8, 4) is 0 Å². The zero-order valence-corrected chi connectivity index (χ0v) is 16.7. The molecule has 0 amide bonds. The maximum absolute atomic E-state index is 14.0.